The van der Waals surface area contributed by atoms with Crippen molar-refractivity contribution in [2.24, 2.45) is 10.9 Å². The van der Waals surface area contributed by atoms with Gasteiger partial charge in [-0.1, -0.05) is 0 Å². The third-order valence-corrected chi connectivity index (χ3v) is 3.77. The molecule has 0 atom stereocenters. The van der Waals surface area contributed by atoms with Crippen LogP contribution in [0.3, 0.4) is 0 Å². The number of guanidine groups is 1. The Morgan fingerprint density at radius 1 is 1.42 bits per heavy atom. The summed E-state index contributed by atoms with van der Waals surface area (Å²) in [5, 5.41) is 3.38. The lowest BCUT2D eigenvalue weighted by atomic mass is 10.3. The van der Waals surface area contributed by atoms with Crippen LogP contribution in [0.5, 0.6) is 0 Å². The Hall–Kier alpha value is -0.800. The molecule has 0 spiro atoms. The second-order valence-corrected chi connectivity index (χ2v) is 5.89. The van der Waals surface area contributed by atoms with E-state index in [1.165, 1.54) is 12.8 Å². The highest BCUT2D eigenvalue weighted by Crippen LogP contribution is 2.28. The fourth-order valence-corrected chi connectivity index (χ4v) is 2.15. The van der Waals surface area contributed by atoms with Crippen molar-refractivity contribution in [2.45, 2.75) is 19.3 Å². The third-order valence-electron chi connectivity index (χ3n) is 3.77. The van der Waals surface area contributed by atoms with Gasteiger partial charge in [0.2, 0.25) is 0 Å². The van der Waals surface area contributed by atoms with E-state index < -0.39 is 0 Å². The molecule has 1 heterocycles. The quantitative estimate of drug-likeness (QED) is 0.242. The van der Waals surface area contributed by atoms with Crippen LogP contribution in [0.4, 0.5) is 0 Å². The maximum absolute atomic E-state index is 5.70. The molecule has 1 aliphatic rings. The number of rotatable bonds is 11. The lowest BCUT2D eigenvalue weighted by Crippen LogP contribution is -2.41. The maximum Gasteiger partial charge on any atom is 0.193 e. The molecule has 0 aromatic carbocycles. The fourth-order valence-electron chi connectivity index (χ4n) is 2.15. The maximum atomic E-state index is 5.70. The van der Waals surface area contributed by atoms with Crippen LogP contribution >= 0.6 is 24.0 Å². The summed E-state index contributed by atoms with van der Waals surface area (Å²) in [5.41, 5.74) is 0. The van der Waals surface area contributed by atoms with Gasteiger partial charge < -0.3 is 24.1 Å². The molecule has 0 amide bonds. The molecule has 0 aliphatic heterocycles. The summed E-state index contributed by atoms with van der Waals surface area (Å²) in [7, 11) is 3.72. The van der Waals surface area contributed by atoms with Gasteiger partial charge in [-0.05, 0) is 30.9 Å². The number of hydrogen-bond acceptors (Lipinski definition) is 4. The highest BCUT2D eigenvalue weighted by atomic mass is 127. The number of likely N-dealkylation sites (N-methyl/N-ethyl adjacent to an activating group) is 1. The van der Waals surface area contributed by atoms with E-state index in [-0.39, 0.29) is 24.0 Å². The van der Waals surface area contributed by atoms with Crippen molar-refractivity contribution in [2.75, 3.05) is 53.6 Å². The minimum Gasteiger partial charge on any atom is -0.469 e. The Morgan fingerprint density at radius 3 is 2.92 bits per heavy atom. The first-order valence-electron chi connectivity index (χ1n) is 8.38. The predicted octanol–water partition coefficient (Wildman–Crippen LogP) is 2.39. The van der Waals surface area contributed by atoms with Crippen molar-refractivity contribution >= 4 is 29.9 Å². The van der Waals surface area contributed by atoms with Gasteiger partial charge in [0.15, 0.2) is 5.96 Å². The second-order valence-electron chi connectivity index (χ2n) is 5.89. The molecular weight excluding hydrogens is 421 g/mol. The van der Waals surface area contributed by atoms with Crippen molar-refractivity contribution < 1.29 is 13.9 Å². The molecule has 1 fully saturated rings. The van der Waals surface area contributed by atoms with E-state index in [2.05, 4.69) is 15.2 Å². The Kier molecular flexibility index (Phi) is 11.1. The molecule has 1 aromatic heterocycles. The topological polar surface area (TPSA) is 59.2 Å². The van der Waals surface area contributed by atoms with Gasteiger partial charge in [0.1, 0.15) is 5.76 Å². The molecule has 6 nitrogen and oxygen atoms in total. The van der Waals surface area contributed by atoms with Gasteiger partial charge in [0.05, 0.1) is 26.0 Å². The van der Waals surface area contributed by atoms with Crippen LogP contribution < -0.4 is 5.32 Å². The molecule has 1 saturated carbocycles. The van der Waals surface area contributed by atoms with Gasteiger partial charge >= 0.3 is 0 Å². The molecule has 7 heteroatoms. The highest BCUT2D eigenvalue weighted by molar-refractivity contribution is 14.0. The first-order chi connectivity index (χ1) is 11.3. The summed E-state index contributed by atoms with van der Waals surface area (Å²) in [6.45, 7) is 4.51. The Balaban J connectivity index is 0.00000288. The molecule has 0 radical (unpaired) electrons. The van der Waals surface area contributed by atoms with Crippen molar-refractivity contribution in [1.29, 1.82) is 0 Å². The molecule has 1 aliphatic carbocycles. The van der Waals surface area contributed by atoms with E-state index in [1.54, 1.807) is 13.4 Å². The number of furan rings is 1. The number of nitrogens with zero attached hydrogens (tertiary/aromatic N) is 2. The van der Waals surface area contributed by atoms with Crippen LogP contribution in [0.25, 0.3) is 0 Å². The van der Waals surface area contributed by atoms with Crippen LogP contribution in [0.2, 0.25) is 0 Å². The summed E-state index contributed by atoms with van der Waals surface area (Å²) in [5.74, 6) is 2.66. The van der Waals surface area contributed by atoms with Gasteiger partial charge in [-0.15, -0.1) is 24.0 Å². The van der Waals surface area contributed by atoms with Crippen LogP contribution in [-0.4, -0.2) is 64.5 Å². The summed E-state index contributed by atoms with van der Waals surface area (Å²) >= 11 is 0. The minimum atomic E-state index is 0. The standard InChI is InChI=1S/C17H29N3O3.HI/c1-20(10-13-22-14-15-5-6-15)17(19-9-12-21-2)18-8-7-16-4-3-11-23-16;/h3-4,11,15H,5-10,12-14H2,1-2H3,(H,18,19);1H. The zero-order valence-corrected chi connectivity index (χ0v) is 17.0. The first-order valence-corrected chi connectivity index (χ1v) is 8.38. The second kappa shape index (κ2) is 12.5. The average Bonchev–Trinajstić information content (AvgIpc) is 3.24. The van der Waals surface area contributed by atoms with Crippen LogP contribution in [0.15, 0.2) is 27.8 Å². The van der Waals surface area contributed by atoms with E-state index in [1.807, 2.05) is 19.2 Å². The van der Waals surface area contributed by atoms with Gasteiger partial charge in [0, 0.05) is 40.3 Å². The fraction of sp³-hybridized carbons (Fsp3) is 0.706. The van der Waals surface area contributed by atoms with E-state index in [0.717, 1.165) is 50.4 Å². The van der Waals surface area contributed by atoms with E-state index in [9.17, 15) is 0 Å². The lowest BCUT2D eigenvalue weighted by Gasteiger charge is -2.22. The van der Waals surface area contributed by atoms with Crippen molar-refractivity contribution in [3.8, 4) is 0 Å². The smallest absolute Gasteiger partial charge is 0.193 e. The number of methoxy groups -OCH3 is 1. The molecule has 0 saturated heterocycles. The van der Waals surface area contributed by atoms with Crippen LogP contribution in [0.1, 0.15) is 18.6 Å². The Bertz CT molecular complexity index is 450. The van der Waals surface area contributed by atoms with Gasteiger partial charge in [0.25, 0.3) is 0 Å². The Labute approximate surface area is 162 Å². The Morgan fingerprint density at radius 2 is 2.25 bits per heavy atom. The zero-order chi connectivity index (χ0) is 16.3. The summed E-state index contributed by atoms with van der Waals surface area (Å²) in [6.07, 6.45) is 5.19. The molecule has 0 bridgehead atoms. The number of nitrogens with one attached hydrogen (secondary N) is 1. The molecule has 24 heavy (non-hydrogen) atoms. The molecular formula is C17H30IN3O3. The SMILES string of the molecule is COCCN=C(NCCc1ccco1)N(C)CCOCC1CC1.I. The molecule has 1 N–H and O–H groups in total. The predicted molar refractivity (Wildman–Crippen MR) is 106 cm³/mol. The van der Waals surface area contributed by atoms with Gasteiger partial charge in [-0.3, -0.25) is 4.99 Å². The first kappa shape index (κ1) is 21.2. The van der Waals surface area contributed by atoms with Crippen LogP contribution in [0, 0.1) is 5.92 Å². The zero-order valence-electron chi connectivity index (χ0n) is 14.7. The monoisotopic (exact) mass is 451 g/mol. The third kappa shape index (κ3) is 8.89. The largest absolute Gasteiger partial charge is 0.469 e. The average molecular weight is 451 g/mol. The molecule has 1 aromatic rings. The summed E-state index contributed by atoms with van der Waals surface area (Å²) in [6, 6.07) is 3.89. The summed E-state index contributed by atoms with van der Waals surface area (Å²) in [4.78, 5) is 6.68. The van der Waals surface area contributed by atoms with Crippen molar-refractivity contribution in [3.63, 3.8) is 0 Å². The van der Waals surface area contributed by atoms with Crippen molar-refractivity contribution in [3.05, 3.63) is 24.2 Å². The number of halogens is 1. The van der Waals surface area contributed by atoms with Crippen molar-refractivity contribution in [1.82, 2.24) is 10.2 Å². The van der Waals surface area contributed by atoms with E-state index >= 15 is 0 Å². The number of ether oxygens (including phenoxy) is 2. The highest BCUT2D eigenvalue weighted by Gasteiger charge is 2.21. The molecule has 2 rings (SSSR count). The van der Waals surface area contributed by atoms with E-state index in [0.29, 0.717) is 13.2 Å². The van der Waals surface area contributed by atoms with E-state index in [4.69, 9.17) is 13.9 Å². The summed E-state index contributed by atoms with van der Waals surface area (Å²) < 4.78 is 16.1. The number of aliphatic imine (C=N–C) groups is 1. The minimum absolute atomic E-state index is 0. The van der Waals surface area contributed by atoms with Gasteiger partial charge in [-0.2, -0.15) is 0 Å². The lowest BCUT2D eigenvalue weighted by molar-refractivity contribution is 0.115. The van der Waals surface area contributed by atoms with Gasteiger partial charge in [-0.25, -0.2) is 0 Å². The molecule has 138 valence electrons. The normalized spacial score (nSPS) is 14.3. The number of hydrogen-bond donors (Lipinski definition) is 1. The molecule has 0 unspecified atom stereocenters. The van der Waals surface area contributed by atoms with Crippen LogP contribution in [-0.2, 0) is 15.9 Å².